The molecule has 1 saturated heterocycles. The Morgan fingerprint density at radius 2 is 1.88 bits per heavy atom. The molecule has 0 aromatic heterocycles. The number of nitrogens with zero attached hydrogens (tertiary/aromatic N) is 1. The van der Waals surface area contributed by atoms with Crippen LogP contribution in [0.5, 0.6) is 0 Å². The smallest absolute Gasteiger partial charge is 0.229 e. The highest BCUT2D eigenvalue weighted by Crippen LogP contribution is 2.26. The molecule has 5 heteroatoms. The lowest BCUT2D eigenvalue weighted by Crippen LogP contribution is -2.28. The zero-order chi connectivity index (χ0) is 18.7. The normalized spacial score (nSPS) is 17.0. The number of likely N-dealkylation sites (tertiary alicyclic amines) is 1. The zero-order valence-electron chi connectivity index (χ0n) is 15.0. The van der Waals surface area contributed by atoms with Crippen molar-refractivity contribution in [3.63, 3.8) is 0 Å². The Morgan fingerprint density at radius 3 is 2.62 bits per heavy atom. The molecule has 0 saturated carbocycles. The van der Waals surface area contributed by atoms with Gasteiger partial charge >= 0.3 is 0 Å². The second-order valence-corrected chi connectivity index (χ2v) is 7.00. The van der Waals surface area contributed by atoms with Crippen LogP contribution in [-0.2, 0) is 16.1 Å². The Hall–Kier alpha value is -2.69. The van der Waals surface area contributed by atoms with Crippen molar-refractivity contribution in [1.29, 1.82) is 0 Å². The second-order valence-electron chi connectivity index (χ2n) is 7.00. The van der Waals surface area contributed by atoms with Crippen molar-refractivity contribution in [3.8, 4) is 0 Å². The summed E-state index contributed by atoms with van der Waals surface area (Å²) in [6.07, 6.45) is 0.157. The van der Waals surface area contributed by atoms with Crippen molar-refractivity contribution in [2.75, 3.05) is 11.9 Å². The van der Waals surface area contributed by atoms with Gasteiger partial charge in [0.1, 0.15) is 5.82 Å². The van der Waals surface area contributed by atoms with Gasteiger partial charge in [0.15, 0.2) is 0 Å². The summed E-state index contributed by atoms with van der Waals surface area (Å²) in [5.74, 6) is -0.754. The van der Waals surface area contributed by atoms with Gasteiger partial charge in [0.05, 0.1) is 5.92 Å². The lowest BCUT2D eigenvalue weighted by Gasteiger charge is -2.18. The van der Waals surface area contributed by atoms with E-state index < -0.39 is 5.92 Å². The van der Waals surface area contributed by atoms with Crippen LogP contribution in [0.15, 0.2) is 48.5 Å². The maximum atomic E-state index is 13.8. The maximum absolute atomic E-state index is 13.8. The summed E-state index contributed by atoms with van der Waals surface area (Å²) in [7, 11) is 0. The molecule has 136 valence electrons. The van der Waals surface area contributed by atoms with Crippen molar-refractivity contribution in [2.45, 2.75) is 32.7 Å². The van der Waals surface area contributed by atoms with E-state index in [1.54, 1.807) is 23.1 Å². The maximum Gasteiger partial charge on any atom is 0.229 e. The number of halogens is 1. The number of rotatable bonds is 5. The van der Waals surface area contributed by atoms with Crippen molar-refractivity contribution < 1.29 is 14.0 Å². The van der Waals surface area contributed by atoms with Gasteiger partial charge in [0.2, 0.25) is 11.8 Å². The van der Waals surface area contributed by atoms with Gasteiger partial charge in [0.25, 0.3) is 0 Å². The quantitative estimate of drug-likeness (QED) is 0.884. The van der Waals surface area contributed by atoms with Crippen LogP contribution in [0.2, 0.25) is 0 Å². The summed E-state index contributed by atoms with van der Waals surface area (Å²) < 4.78 is 13.8. The molecule has 0 spiro atoms. The lowest BCUT2D eigenvalue weighted by molar-refractivity contribution is -0.128. The van der Waals surface area contributed by atoms with Crippen LogP contribution < -0.4 is 5.32 Å². The molecular formula is C21H23FN2O2. The molecule has 1 N–H and O–H groups in total. The Bertz CT molecular complexity index is 819. The highest BCUT2D eigenvalue weighted by atomic mass is 19.1. The van der Waals surface area contributed by atoms with E-state index in [-0.39, 0.29) is 36.5 Å². The fraction of sp³-hybridized carbons (Fsp3) is 0.333. The monoisotopic (exact) mass is 354 g/mol. The van der Waals surface area contributed by atoms with E-state index in [0.717, 1.165) is 11.3 Å². The largest absolute Gasteiger partial charge is 0.337 e. The summed E-state index contributed by atoms with van der Waals surface area (Å²) in [6.45, 7) is 4.64. The van der Waals surface area contributed by atoms with Crippen LogP contribution in [0.25, 0.3) is 0 Å². The fourth-order valence-corrected chi connectivity index (χ4v) is 3.28. The minimum atomic E-state index is -0.422. The Labute approximate surface area is 153 Å². The first-order chi connectivity index (χ1) is 12.5. The van der Waals surface area contributed by atoms with Crippen molar-refractivity contribution in [1.82, 2.24) is 4.90 Å². The molecule has 1 heterocycles. The molecule has 2 aromatic carbocycles. The zero-order valence-corrected chi connectivity index (χ0v) is 15.0. The minimum Gasteiger partial charge on any atom is -0.337 e. The predicted octanol–water partition coefficient (Wildman–Crippen LogP) is 3.94. The van der Waals surface area contributed by atoms with Gasteiger partial charge in [0, 0.05) is 30.8 Å². The van der Waals surface area contributed by atoms with Gasteiger partial charge in [-0.2, -0.15) is 0 Å². The predicted molar refractivity (Wildman–Crippen MR) is 99.1 cm³/mol. The first kappa shape index (κ1) is 18.1. The first-order valence-corrected chi connectivity index (χ1v) is 8.86. The number of carbonyl (C=O) groups excluding carboxylic acids is 2. The summed E-state index contributed by atoms with van der Waals surface area (Å²) in [6, 6.07) is 14.1. The number of amides is 2. The number of nitrogens with one attached hydrogen (secondary N) is 1. The molecule has 2 amide bonds. The van der Waals surface area contributed by atoms with E-state index in [1.165, 1.54) is 6.07 Å². The van der Waals surface area contributed by atoms with E-state index in [4.69, 9.17) is 0 Å². The molecule has 1 fully saturated rings. The van der Waals surface area contributed by atoms with Gasteiger partial charge < -0.3 is 10.2 Å². The number of anilines is 1. The van der Waals surface area contributed by atoms with Crippen LogP contribution >= 0.6 is 0 Å². The molecule has 1 unspecified atom stereocenters. The molecule has 2 aromatic rings. The molecule has 0 aliphatic carbocycles. The number of benzene rings is 2. The molecule has 1 aliphatic heterocycles. The molecule has 1 atom stereocenters. The molecular weight excluding hydrogens is 331 g/mol. The molecule has 3 rings (SSSR count). The topological polar surface area (TPSA) is 49.4 Å². The van der Waals surface area contributed by atoms with E-state index in [0.29, 0.717) is 12.1 Å². The van der Waals surface area contributed by atoms with Crippen molar-refractivity contribution >= 4 is 17.5 Å². The standard InChI is InChI=1S/C21H23FN2O2/c1-14(2)17-8-4-6-10-19(17)23-21(26)16-11-20(25)24(13-16)12-15-7-3-5-9-18(15)22/h3-10,14,16H,11-13H2,1-2H3,(H,23,26). The SMILES string of the molecule is CC(C)c1ccccc1NC(=O)C1CC(=O)N(Cc2ccccc2F)C1. The van der Waals surface area contributed by atoms with Crippen LogP contribution in [0, 0.1) is 11.7 Å². The van der Waals surface area contributed by atoms with Crippen molar-refractivity contribution in [3.05, 3.63) is 65.5 Å². The average Bonchev–Trinajstić information content (AvgIpc) is 2.98. The molecule has 0 bridgehead atoms. The van der Waals surface area contributed by atoms with Crippen LogP contribution in [0.3, 0.4) is 0 Å². The Morgan fingerprint density at radius 1 is 1.19 bits per heavy atom. The van der Waals surface area contributed by atoms with Crippen LogP contribution in [0.1, 0.15) is 37.3 Å². The molecule has 1 aliphatic rings. The first-order valence-electron chi connectivity index (χ1n) is 8.86. The summed E-state index contributed by atoms with van der Waals surface area (Å²) >= 11 is 0. The third-order valence-electron chi connectivity index (χ3n) is 4.75. The Balaban J connectivity index is 1.67. The highest BCUT2D eigenvalue weighted by molar-refractivity contribution is 5.97. The lowest BCUT2D eigenvalue weighted by atomic mass is 10.0. The van der Waals surface area contributed by atoms with Gasteiger partial charge in [-0.15, -0.1) is 0 Å². The van der Waals surface area contributed by atoms with E-state index in [2.05, 4.69) is 19.2 Å². The van der Waals surface area contributed by atoms with Crippen LogP contribution in [0.4, 0.5) is 10.1 Å². The fourth-order valence-electron chi connectivity index (χ4n) is 3.28. The number of hydrogen-bond donors (Lipinski definition) is 1. The van der Waals surface area contributed by atoms with E-state index in [1.807, 2.05) is 24.3 Å². The molecule has 0 radical (unpaired) electrons. The van der Waals surface area contributed by atoms with Gasteiger partial charge in [-0.1, -0.05) is 50.2 Å². The summed E-state index contributed by atoms with van der Waals surface area (Å²) in [5, 5.41) is 2.96. The number of carbonyl (C=O) groups is 2. The van der Waals surface area contributed by atoms with E-state index in [9.17, 15) is 14.0 Å². The summed E-state index contributed by atoms with van der Waals surface area (Å²) in [4.78, 5) is 26.4. The molecule has 26 heavy (non-hydrogen) atoms. The van der Waals surface area contributed by atoms with Gasteiger partial charge in [-0.05, 0) is 23.6 Å². The van der Waals surface area contributed by atoms with Crippen molar-refractivity contribution in [2.24, 2.45) is 5.92 Å². The van der Waals surface area contributed by atoms with Gasteiger partial charge in [-0.25, -0.2) is 4.39 Å². The third-order valence-corrected chi connectivity index (χ3v) is 4.75. The second kappa shape index (κ2) is 7.68. The highest BCUT2D eigenvalue weighted by Gasteiger charge is 2.34. The third kappa shape index (κ3) is 3.93. The van der Waals surface area contributed by atoms with Crippen LogP contribution in [-0.4, -0.2) is 23.3 Å². The number of para-hydroxylation sites is 1. The average molecular weight is 354 g/mol. The van der Waals surface area contributed by atoms with Gasteiger partial charge in [-0.3, -0.25) is 9.59 Å². The Kier molecular flexibility index (Phi) is 5.35. The molecule has 4 nitrogen and oxygen atoms in total. The summed E-state index contributed by atoms with van der Waals surface area (Å²) in [5.41, 5.74) is 2.31. The number of hydrogen-bond acceptors (Lipinski definition) is 2. The minimum absolute atomic E-state index is 0.120. The van der Waals surface area contributed by atoms with E-state index >= 15 is 0 Å².